The molecule has 0 aliphatic heterocycles. The lowest BCUT2D eigenvalue weighted by atomic mass is 10.3. The Hall–Kier alpha value is -2.60. The van der Waals surface area contributed by atoms with Crippen LogP contribution in [-0.4, -0.2) is 22.3 Å². The first kappa shape index (κ1) is 14.8. The van der Waals surface area contributed by atoms with Crippen LogP contribution in [0.15, 0.2) is 48.7 Å². The molecule has 21 heavy (non-hydrogen) atoms. The summed E-state index contributed by atoms with van der Waals surface area (Å²) >= 11 is 0. The van der Waals surface area contributed by atoms with Gasteiger partial charge < -0.3 is 9.30 Å². The van der Waals surface area contributed by atoms with Crippen molar-refractivity contribution in [3.8, 4) is 5.75 Å². The maximum Gasteiger partial charge on any atom is 0.267 e. The summed E-state index contributed by atoms with van der Waals surface area (Å²) in [7, 11) is 0. The van der Waals surface area contributed by atoms with Crippen molar-refractivity contribution in [2.45, 2.75) is 6.54 Å². The number of carbonyl (C=O) groups is 1. The minimum absolute atomic E-state index is 0.303. The molecule has 1 heterocycles. The van der Waals surface area contributed by atoms with E-state index < -0.39 is 5.91 Å². The number of ether oxygens (including phenoxy) is 1. The van der Waals surface area contributed by atoms with Gasteiger partial charge in [-0.05, 0) is 42.5 Å². The van der Waals surface area contributed by atoms with E-state index in [1.165, 1.54) is 23.7 Å². The molecule has 0 bridgehead atoms. The zero-order chi connectivity index (χ0) is 15.1. The van der Waals surface area contributed by atoms with E-state index in [1.54, 1.807) is 18.2 Å². The van der Waals surface area contributed by atoms with E-state index in [1.807, 2.05) is 22.9 Å². The van der Waals surface area contributed by atoms with Gasteiger partial charge in [0.05, 0.1) is 6.54 Å². The summed E-state index contributed by atoms with van der Waals surface area (Å²) in [6.07, 6.45) is 4.67. The van der Waals surface area contributed by atoms with Crippen molar-refractivity contribution in [3.63, 3.8) is 0 Å². The number of rotatable bonds is 6. The van der Waals surface area contributed by atoms with E-state index in [2.05, 4.69) is 0 Å². The standard InChI is InChI=1S/C15H15FN2O3/c16-12-3-6-14(7-4-12)21-11-10-18-9-1-2-13(18)5-8-15(19)17-20/h1-9,20H,10-11H2,(H,17,19)/b8-5+. The Balaban J connectivity index is 1.89. The average Bonchev–Trinajstić information content (AvgIpc) is 2.94. The van der Waals surface area contributed by atoms with Gasteiger partial charge in [-0.2, -0.15) is 0 Å². The summed E-state index contributed by atoms with van der Waals surface area (Å²) in [4.78, 5) is 10.9. The molecule has 0 spiro atoms. The molecule has 1 aromatic carbocycles. The molecule has 2 aromatic rings. The largest absolute Gasteiger partial charge is 0.492 e. The molecule has 5 nitrogen and oxygen atoms in total. The van der Waals surface area contributed by atoms with E-state index in [9.17, 15) is 9.18 Å². The minimum Gasteiger partial charge on any atom is -0.492 e. The molecule has 0 saturated carbocycles. The zero-order valence-corrected chi connectivity index (χ0v) is 11.2. The Bertz CT molecular complexity index is 620. The van der Waals surface area contributed by atoms with Crippen molar-refractivity contribution >= 4 is 12.0 Å². The highest BCUT2D eigenvalue weighted by atomic mass is 19.1. The summed E-state index contributed by atoms with van der Waals surface area (Å²) in [5.41, 5.74) is 2.33. The van der Waals surface area contributed by atoms with Gasteiger partial charge in [0.15, 0.2) is 0 Å². The van der Waals surface area contributed by atoms with Gasteiger partial charge in [0.1, 0.15) is 18.2 Å². The van der Waals surface area contributed by atoms with Gasteiger partial charge >= 0.3 is 0 Å². The molecule has 1 amide bonds. The number of nitrogens with zero attached hydrogens (tertiary/aromatic N) is 1. The molecule has 0 aliphatic carbocycles. The molecule has 1 aromatic heterocycles. The zero-order valence-electron chi connectivity index (χ0n) is 11.2. The van der Waals surface area contributed by atoms with Crippen LogP contribution in [0.4, 0.5) is 4.39 Å². The highest BCUT2D eigenvalue weighted by Crippen LogP contribution is 2.11. The fraction of sp³-hybridized carbons (Fsp3) is 0.133. The molecule has 0 fully saturated rings. The molecule has 2 N–H and O–H groups in total. The van der Waals surface area contributed by atoms with Gasteiger partial charge in [-0.15, -0.1) is 0 Å². The maximum absolute atomic E-state index is 12.7. The van der Waals surface area contributed by atoms with Crippen LogP contribution < -0.4 is 10.2 Å². The number of amides is 1. The molecule has 0 aliphatic rings. The fourth-order valence-electron chi connectivity index (χ4n) is 1.77. The van der Waals surface area contributed by atoms with E-state index in [-0.39, 0.29) is 5.82 Å². The Labute approximate surface area is 121 Å². The molecule has 0 unspecified atom stereocenters. The molecule has 0 radical (unpaired) electrons. The summed E-state index contributed by atoms with van der Waals surface area (Å²) in [5, 5.41) is 8.42. The molecule has 6 heteroatoms. The number of halogens is 1. The second-order valence-corrected chi connectivity index (χ2v) is 4.24. The van der Waals surface area contributed by atoms with E-state index in [4.69, 9.17) is 9.94 Å². The minimum atomic E-state index is -0.592. The second-order valence-electron chi connectivity index (χ2n) is 4.24. The third kappa shape index (κ3) is 4.47. The van der Waals surface area contributed by atoms with Crippen LogP contribution in [0.25, 0.3) is 6.08 Å². The van der Waals surface area contributed by atoms with Gasteiger partial charge in [0.25, 0.3) is 5.91 Å². The smallest absolute Gasteiger partial charge is 0.267 e. The van der Waals surface area contributed by atoms with Crippen molar-refractivity contribution in [2.75, 3.05) is 6.61 Å². The Kier molecular flexibility index (Phi) is 5.11. The first-order valence-electron chi connectivity index (χ1n) is 6.34. The lowest BCUT2D eigenvalue weighted by Gasteiger charge is -2.09. The van der Waals surface area contributed by atoms with Crippen LogP contribution in [0.2, 0.25) is 0 Å². The third-order valence-corrected chi connectivity index (χ3v) is 2.79. The monoisotopic (exact) mass is 290 g/mol. The number of hydrogen-bond donors (Lipinski definition) is 2. The van der Waals surface area contributed by atoms with Crippen molar-refractivity contribution < 1.29 is 19.1 Å². The molecular weight excluding hydrogens is 275 g/mol. The van der Waals surface area contributed by atoms with E-state index >= 15 is 0 Å². The Morgan fingerprint density at radius 3 is 2.81 bits per heavy atom. The highest BCUT2D eigenvalue weighted by molar-refractivity contribution is 5.90. The first-order valence-corrected chi connectivity index (χ1v) is 6.34. The average molecular weight is 290 g/mol. The molecule has 0 saturated heterocycles. The van der Waals surface area contributed by atoms with Crippen molar-refractivity contribution in [3.05, 3.63) is 60.2 Å². The second kappa shape index (κ2) is 7.25. The summed E-state index contributed by atoms with van der Waals surface area (Å²) in [5.74, 6) is -0.298. The van der Waals surface area contributed by atoms with Crippen molar-refractivity contribution in [1.82, 2.24) is 10.0 Å². The van der Waals surface area contributed by atoms with E-state index in [0.29, 0.717) is 18.9 Å². The van der Waals surface area contributed by atoms with Crippen molar-refractivity contribution in [2.24, 2.45) is 0 Å². The SMILES string of the molecule is O=C(/C=C/c1cccn1CCOc1ccc(F)cc1)NO. The van der Waals surface area contributed by atoms with Crippen LogP contribution in [0, 0.1) is 5.82 Å². The molecule has 0 atom stereocenters. The fourth-order valence-corrected chi connectivity index (χ4v) is 1.77. The van der Waals surface area contributed by atoms with E-state index in [0.717, 1.165) is 5.69 Å². The number of hydrogen-bond acceptors (Lipinski definition) is 3. The number of carbonyl (C=O) groups excluding carboxylic acids is 1. The third-order valence-electron chi connectivity index (χ3n) is 2.79. The predicted molar refractivity (Wildman–Crippen MR) is 75.3 cm³/mol. The van der Waals surface area contributed by atoms with Crippen LogP contribution >= 0.6 is 0 Å². The van der Waals surface area contributed by atoms with Gasteiger partial charge in [0.2, 0.25) is 0 Å². The van der Waals surface area contributed by atoms with Crippen LogP contribution in [0.1, 0.15) is 5.69 Å². The number of benzene rings is 1. The van der Waals surface area contributed by atoms with Gasteiger partial charge in [-0.1, -0.05) is 0 Å². The topological polar surface area (TPSA) is 63.5 Å². The predicted octanol–water partition coefficient (Wildman–Crippen LogP) is 2.22. The summed E-state index contributed by atoms with van der Waals surface area (Å²) < 4.78 is 20.1. The summed E-state index contributed by atoms with van der Waals surface area (Å²) in [6.45, 7) is 0.984. The van der Waals surface area contributed by atoms with Crippen LogP contribution in [-0.2, 0) is 11.3 Å². The quantitative estimate of drug-likeness (QED) is 0.487. The van der Waals surface area contributed by atoms with Crippen molar-refractivity contribution in [1.29, 1.82) is 0 Å². The Morgan fingerprint density at radius 2 is 2.10 bits per heavy atom. The van der Waals surface area contributed by atoms with Gasteiger partial charge in [-0.25, -0.2) is 9.87 Å². The normalized spacial score (nSPS) is 10.8. The first-order chi connectivity index (χ1) is 10.2. The maximum atomic E-state index is 12.7. The number of nitrogens with one attached hydrogen (secondary N) is 1. The molecule has 2 rings (SSSR count). The van der Waals surface area contributed by atoms with Gasteiger partial charge in [-0.3, -0.25) is 10.0 Å². The van der Waals surface area contributed by atoms with Gasteiger partial charge in [0, 0.05) is 18.0 Å². The summed E-state index contributed by atoms with van der Waals surface area (Å²) in [6, 6.07) is 9.49. The lowest BCUT2D eigenvalue weighted by molar-refractivity contribution is -0.124. The number of aromatic nitrogens is 1. The van der Waals surface area contributed by atoms with Crippen LogP contribution in [0.3, 0.4) is 0 Å². The molecular formula is C15H15FN2O3. The Morgan fingerprint density at radius 1 is 1.33 bits per heavy atom. The molecule has 110 valence electrons. The highest BCUT2D eigenvalue weighted by Gasteiger charge is 2.00. The van der Waals surface area contributed by atoms with Crippen LogP contribution in [0.5, 0.6) is 5.75 Å². The number of hydroxylamine groups is 1. The lowest BCUT2D eigenvalue weighted by Crippen LogP contribution is -2.15.